The van der Waals surface area contributed by atoms with Gasteiger partial charge in [0.15, 0.2) is 5.43 Å². The normalized spacial score (nSPS) is 16.7. The highest BCUT2D eigenvalue weighted by molar-refractivity contribution is 5.80. The van der Waals surface area contributed by atoms with Crippen LogP contribution in [-0.4, -0.2) is 4.98 Å². The fraction of sp³-hybridized carbons (Fsp3) is 0.500. The molecule has 1 heterocycles. The molecule has 20 heavy (non-hydrogen) atoms. The molecule has 1 unspecified atom stereocenters. The van der Waals surface area contributed by atoms with Gasteiger partial charge in [-0.3, -0.25) is 4.79 Å². The van der Waals surface area contributed by atoms with E-state index in [9.17, 15) is 4.79 Å². The van der Waals surface area contributed by atoms with E-state index in [0.717, 1.165) is 42.1 Å². The van der Waals surface area contributed by atoms with Crippen LogP contribution < -0.4 is 5.43 Å². The van der Waals surface area contributed by atoms with Crippen molar-refractivity contribution < 1.29 is 0 Å². The number of benzene rings is 1. The minimum absolute atomic E-state index is 0.265. The topological polar surface area (TPSA) is 32.9 Å². The van der Waals surface area contributed by atoms with Gasteiger partial charge in [0.1, 0.15) is 0 Å². The molecule has 1 N–H and O–H groups in total. The van der Waals surface area contributed by atoms with Gasteiger partial charge < -0.3 is 4.98 Å². The van der Waals surface area contributed by atoms with E-state index in [1.54, 1.807) is 0 Å². The van der Waals surface area contributed by atoms with Crippen LogP contribution in [0.4, 0.5) is 0 Å². The van der Waals surface area contributed by atoms with E-state index in [1.165, 1.54) is 24.1 Å². The van der Waals surface area contributed by atoms with Crippen molar-refractivity contribution in [3.8, 4) is 0 Å². The Morgan fingerprint density at radius 1 is 1.20 bits per heavy atom. The fourth-order valence-electron chi connectivity index (χ4n) is 3.20. The molecule has 1 aliphatic carbocycles. The molecule has 0 amide bonds. The lowest BCUT2D eigenvalue weighted by Crippen LogP contribution is -2.14. The Balaban J connectivity index is 2.20. The zero-order valence-corrected chi connectivity index (χ0v) is 12.5. The van der Waals surface area contributed by atoms with Crippen molar-refractivity contribution in [1.82, 2.24) is 4.98 Å². The van der Waals surface area contributed by atoms with Crippen molar-refractivity contribution in [1.29, 1.82) is 0 Å². The Bertz CT molecular complexity index is 684. The van der Waals surface area contributed by atoms with Gasteiger partial charge in [-0.05, 0) is 55.7 Å². The number of aromatic amines is 1. The summed E-state index contributed by atoms with van der Waals surface area (Å²) < 4.78 is 0. The average molecular weight is 269 g/mol. The Morgan fingerprint density at radius 2 is 2.00 bits per heavy atom. The third kappa shape index (κ3) is 2.28. The van der Waals surface area contributed by atoms with Crippen molar-refractivity contribution in [3.05, 3.63) is 45.2 Å². The molecule has 2 aromatic rings. The number of aryl methyl sites for hydroxylation is 1. The number of aromatic nitrogens is 1. The van der Waals surface area contributed by atoms with E-state index in [1.807, 2.05) is 0 Å². The minimum Gasteiger partial charge on any atom is -0.358 e. The smallest absolute Gasteiger partial charge is 0.192 e. The lowest BCUT2D eigenvalue weighted by atomic mass is 9.95. The SMILES string of the molecule is CCC(C)c1ccc2[nH]c3c(c(=O)c2c1)CCCCC3. The standard InChI is InChI=1S/C18H23NO/c1-3-12(2)13-9-10-17-15(11-13)18(20)14-7-5-4-6-8-16(14)19-17/h9-12H,3-8H2,1-2H3,(H,19,20). The van der Waals surface area contributed by atoms with Crippen LogP contribution in [0.15, 0.2) is 23.0 Å². The number of hydrogen-bond donors (Lipinski definition) is 1. The number of rotatable bonds is 2. The quantitative estimate of drug-likeness (QED) is 0.810. The molecule has 106 valence electrons. The molecule has 2 heteroatoms. The van der Waals surface area contributed by atoms with Crippen molar-refractivity contribution in [2.24, 2.45) is 0 Å². The largest absolute Gasteiger partial charge is 0.358 e. The number of fused-ring (bicyclic) bond motifs is 2. The van der Waals surface area contributed by atoms with E-state index in [4.69, 9.17) is 0 Å². The molecule has 0 aliphatic heterocycles. The second-order valence-electron chi connectivity index (χ2n) is 6.09. The zero-order valence-electron chi connectivity index (χ0n) is 12.5. The van der Waals surface area contributed by atoms with Gasteiger partial charge in [-0.1, -0.05) is 26.3 Å². The molecule has 0 bridgehead atoms. The highest BCUT2D eigenvalue weighted by Gasteiger charge is 2.15. The summed E-state index contributed by atoms with van der Waals surface area (Å²) in [5, 5.41) is 0.878. The highest BCUT2D eigenvalue weighted by atomic mass is 16.1. The van der Waals surface area contributed by atoms with Crippen molar-refractivity contribution >= 4 is 10.9 Å². The lowest BCUT2D eigenvalue weighted by Gasteiger charge is -2.12. The van der Waals surface area contributed by atoms with Crippen LogP contribution >= 0.6 is 0 Å². The molecule has 0 saturated heterocycles. The van der Waals surface area contributed by atoms with Gasteiger partial charge in [-0.25, -0.2) is 0 Å². The van der Waals surface area contributed by atoms with Crippen molar-refractivity contribution in [3.63, 3.8) is 0 Å². The van der Waals surface area contributed by atoms with E-state index in [0.29, 0.717) is 5.92 Å². The van der Waals surface area contributed by atoms with Gasteiger partial charge in [0.05, 0.1) is 0 Å². The lowest BCUT2D eigenvalue weighted by molar-refractivity contribution is 0.708. The fourth-order valence-corrected chi connectivity index (χ4v) is 3.20. The van der Waals surface area contributed by atoms with E-state index in [2.05, 4.69) is 37.0 Å². The van der Waals surface area contributed by atoms with Gasteiger partial charge in [0.2, 0.25) is 0 Å². The Morgan fingerprint density at radius 3 is 2.80 bits per heavy atom. The van der Waals surface area contributed by atoms with Crippen molar-refractivity contribution in [2.45, 2.75) is 58.3 Å². The van der Waals surface area contributed by atoms with E-state index < -0.39 is 0 Å². The first-order chi connectivity index (χ1) is 9.70. The summed E-state index contributed by atoms with van der Waals surface area (Å²) in [6.45, 7) is 4.41. The van der Waals surface area contributed by atoms with Crippen LogP contribution in [0.3, 0.4) is 0 Å². The molecule has 1 atom stereocenters. The number of hydrogen-bond acceptors (Lipinski definition) is 1. The van der Waals surface area contributed by atoms with E-state index >= 15 is 0 Å². The molecule has 1 aromatic heterocycles. The number of H-pyrrole nitrogens is 1. The van der Waals surface area contributed by atoms with Gasteiger partial charge in [-0.15, -0.1) is 0 Å². The summed E-state index contributed by atoms with van der Waals surface area (Å²) in [6, 6.07) is 6.35. The maximum absolute atomic E-state index is 12.8. The van der Waals surface area contributed by atoms with Crippen LogP contribution in [0.5, 0.6) is 0 Å². The van der Waals surface area contributed by atoms with Gasteiger partial charge in [0, 0.05) is 22.2 Å². The number of nitrogens with one attached hydrogen (secondary N) is 1. The summed E-state index contributed by atoms with van der Waals surface area (Å²) in [5.74, 6) is 0.512. The second-order valence-corrected chi connectivity index (χ2v) is 6.09. The van der Waals surface area contributed by atoms with Gasteiger partial charge in [-0.2, -0.15) is 0 Å². The highest BCUT2D eigenvalue weighted by Crippen LogP contribution is 2.24. The summed E-state index contributed by atoms with van der Waals surface area (Å²) in [5.41, 5.74) is 4.76. The Hall–Kier alpha value is -1.57. The molecule has 1 aliphatic rings. The first-order valence-electron chi connectivity index (χ1n) is 7.88. The first kappa shape index (κ1) is 13.4. The summed E-state index contributed by atoms with van der Waals surface area (Å²) in [4.78, 5) is 16.3. The van der Waals surface area contributed by atoms with Gasteiger partial charge >= 0.3 is 0 Å². The predicted octanol–water partition coefficient (Wildman–Crippen LogP) is 4.31. The second kappa shape index (κ2) is 5.43. The molecule has 0 radical (unpaired) electrons. The average Bonchev–Trinajstić information content (AvgIpc) is 2.72. The summed E-state index contributed by atoms with van der Waals surface area (Å²) in [6.07, 6.45) is 6.64. The third-order valence-corrected chi connectivity index (χ3v) is 4.75. The van der Waals surface area contributed by atoms with Crippen LogP contribution in [0.1, 0.15) is 62.3 Å². The maximum atomic E-state index is 12.8. The zero-order chi connectivity index (χ0) is 14.1. The predicted molar refractivity (Wildman–Crippen MR) is 84.5 cm³/mol. The molecule has 1 aromatic carbocycles. The monoisotopic (exact) mass is 269 g/mol. The molecule has 0 spiro atoms. The van der Waals surface area contributed by atoms with Crippen LogP contribution in [0.2, 0.25) is 0 Å². The van der Waals surface area contributed by atoms with E-state index in [-0.39, 0.29) is 5.43 Å². The van der Waals surface area contributed by atoms with Crippen LogP contribution in [0.25, 0.3) is 10.9 Å². The molecular weight excluding hydrogens is 246 g/mol. The maximum Gasteiger partial charge on any atom is 0.192 e. The molecule has 0 saturated carbocycles. The van der Waals surface area contributed by atoms with Crippen molar-refractivity contribution in [2.75, 3.05) is 0 Å². The molecule has 3 rings (SSSR count). The first-order valence-corrected chi connectivity index (χ1v) is 7.88. The summed E-state index contributed by atoms with van der Waals surface area (Å²) >= 11 is 0. The minimum atomic E-state index is 0.265. The number of pyridine rings is 1. The Kier molecular flexibility index (Phi) is 3.64. The van der Waals surface area contributed by atoms with Gasteiger partial charge in [0.25, 0.3) is 0 Å². The van der Waals surface area contributed by atoms with Crippen LogP contribution in [0, 0.1) is 0 Å². The molecular formula is C18H23NO. The Labute approximate surface area is 120 Å². The molecule has 2 nitrogen and oxygen atoms in total. The summed E-state index contributed by atoms with van der Waals surface area (Å²) in [7, 11) is 0. The third-order valence-electron chi connectivity index (χ3n) is 4.75. The molecule has 0 fully saturated rings. The van der Waals surface area contributed by atoms with Crippen LogP contribution in [-0.2, 0) is 12.8 Å².